The lowest BCUT2D eigenvalue weighted by Crippen LogP contribution is -2.15. The van der Waals surface area contributed by atoms with E-state index >= 15 is 0 Å². The van der Waals surface area contributed by atoms with Crippen LogP contribution in [0.3, 0.4) is 0 Å². The number of aromatic nitrogens is 1. The zero-order chi connectivity index (χ0) is 11.1. The number of unbranched alkanes of at least 4 members (excludes halogenated alkanes) is 4. The Hall–Kier alpha value is -0.830. The number of aryl methyl sites for hydroxylation is 1. The van der Waals surface area contributed by atoms with E-state index in [1.165, 1.54) is 32.1 Å². The van der Waals surface area contributed by atoms with Gasteiger partial charge in [0.2, 0.25) is 0 Å². The molecule has 0 saturated heterocycles. The predicted molar refractivity (Wildman–Crippen MR) is 69.1 cm³/mol. The van der Waals surface area contributed by atoms with E-state index < -0.39 is 0 Å². The summed E-state index contributed by atoms with van der Waals surface area (Å²) >= 11 is 4.98. The van der Waals surface area contributed by atoms with Crippen LogP contribution in [0.15, 0.2) is 18.3 Å². The predicted octanol–water partition coefficient (Wildman–Crippen LogP) is 3.09. The van der Waals surface area contributed by atoms with E-state index in [1.807, 2.05) is 18.3 Å². The first kappa shape index (κ1) is 12.2. The normalized spacial score (nSPS) is 10.5. The molecular formula is C12H20N2S. The second-order valence-corrected chi connectivity index (χ2v) is 4.31. The zero-order valence-corrected chi connectivity index (χ0v) is 10.2. The van der Waals surface area contributed by atoms with Crippen molar-refractivity contribution in [2.45, 2.75) is 45.6 Å². The van der Waals surface area contributed by atoms with Crippen molar-refractivity contribution >= 4 is 17.2 Å². The van der Waals surface area contributed by atoms with Gasteiger partial charge in [0.05, 0.1) is 5.69 Å². The van der Waals surface area contributed by atoms with E-state index in [1.54, 1.807) is 0 Å². The molecule has 3 heteroatoms. The molecule has 84 valence electrons. The molecule has 0 radical (unpaired) electrons. The Morgan fingerprint density at radius 2 is 2.07 bits per heavy atom. The highest BCUT2D eigenvalue weighted by Crippen LogP contribution is 2.07. The van der Waals surface area contributed by atoms with Crippen molar-refractivity contribution in [3.63, 3.8) is 0 Å². The van der Waals surface area contributed by atoms with Gasteiger partial charge in [-0.25, -0.2) is 0 Å². The molecule has 0 atom stereocenters. The Balaban J connectivity index is 2.31. The van der Waals surface area contributed by atoms with Crippen LogP contribution >= 0.6 is 12.2 Å². The summed E-state index contributed by atoms with van der Waals surface area (Å²) in [6.07, 6.45) is 8.52. The van der Waals surface area contributed by atoms with Gasteiger partial charge in [0.15, 0.2) is 0 Å². The van der Waals surface area contributed by atoms with Crippen LogP contribution < -0.4 is 5.73 Å². The summed E-state index contributed by atoms with van der Waals surface area (Å²) in [5.41, 5.74) is 6.61. The first-order valence-corrected chi connectivity index (χ1v) is 6.11. The molecule has 2 N–H and O–H groups in total. The van der Waals surface area contributed by atoms with Crippen molar-refractivity contribution in [2.75, 3.05) is 0 Å². The molecule has 0 bridgehead atoms. The molecule has 1 rings (SSSR count). The molecule has 0 amide bonds. The van der Waals surface area contributed by atoms with Gasteiger partial charge in [-0.05, 0) is 18.6 Å². The minimum absolute atomic E-state index is 0.494. The first-order chi connectivity index (χ1) is 7.25. The third-order valence-corrected chi connectivity index (χ3v) is 2.79. The van der Waals surface area contributed by atoms with Crippen LogP contribution in [0, 0.1) is 0 Å². The molecule has 0 saturated carbocycles. The van der Waals surface area contributed by atoms with E-state index in [-0.39, 0.29) is 0 Å². The maximum atomic E-state index is 5.62. The number of nitrogens with zero attached hydrogens (tertiary/aromatic N) is 1. The lowest BCUT2D eigenvalue weighted by Gasteiger charge is -2.07. The fraction of sp³-hybridized carbons (Fsp3) is 0.583. The fourth-order valence-corrected chi connectivity index (χ4v) is 1.90. The monoisotopic (exact) mass is 224 g/mol. The summed E-state index contributed by atoms with van der Waals surface area (Å²) in [4.78, 5) is 0.494. The average Bonchev–Trinajstić information content (AvgIpc) is 2.66. The van der Waals surface area contributed by atoms with Crippen molar-refractivity contribution in [1.82, 2.24) is 4.57 Å². The van der Waals surface area contributed by atoms with E-state index in [4.69, 9.17) is 18.0 Å². The van der Waals surface area contributed by atoms with Crippen LogP contribution in [0.5, 0.6) is 0 Å². The van der Waals surface area contributed by atoms with E-state index in [2.05, 4.69) is 11.5 Å². The molecule has 1 aromatic heterocycles. The summed E-state index contributed by atoms with van der Waals surface area (Å²) < 4.78 is 2.15. The molecule has 0 aromatic carbocycles. The van der Waals surface area contributed by atoms with E-state index in [0.29, 0.717) is 4.99 Å². The van der Waals surface area contributed by atoms with Crippen LogP contribution in [0.25, 0.3) is 0 Å². The van der Waals surface area contributed by atoms with Gasteiger partial charge < -0.3 is 10.3 Å². The van der Waals surface area contributed by atoms with Crippen LogP contribution in [0.4, 0.5) is 0 Å². The maximum Gasteiger partial charge on any atom is 0.120 e. The van der Waals surface area contributed by atoms with Crippen LogP contribution in [0.2, 0.25) is 0 Å². The van der Waals surface area contributed by atoms with Gasteiger partial charge in [-0.3, -0.25) is 0 Å². The largest absolute Gasteiger partial charge is 0.388 e. The fourth-order valence-electron chi connectivity index (χ4n) is 1.72. The number of rotatable bonds is 7. The zero-order valence-electron chi connectivity index (χ0n) is 9.41. The van der Waals surface area contributed by atoms with Gasteiger partial charge in [0.25, 0.3) is 0 Å². The van der Waals surface area contributed by atoms with Crippen LogP contribution in [0.1, 0.15) is 44.7 Å². The summed E-state index contributed by atoms with van der Waals surface area (Å²) in [7, 11) is 0. The molecule has 1 heterocycles. The topological polar surface area (TPSA) is 30.9 Å². The number of hydrogen-bond acceptors (Lipinski definition) is 1. The van der Waals surface area contributed by atoms with Gasteiger partial charge >= 0.3 is 0 Å². The lowest BCUT2D eigenvalue weighted by atomic mass is 10.1. The van der Waals surface area contributed by atoms with Crippen molar-refractivity contribution < 1.29 is 0 Å². The minimum Gasteiger partial charge on any atom is -0.388 e. The molecule has 2 nitrogen and oxygen atoms in total. The SMILES string of the molecule is CCCCCCCn1cccc1C(N)=S. The number of nitrogens with two attached hydrogens (primary N) is 1. The lowest BCUT2D eigenvalue weighted by molar-refractivity contribution is 0.568. The first-order valence-electron chi connectivity index (χ1n) is 5.70. The Bertz CT molecular complexity index is 304. The van der Waals surface area contributed by atoms with Crippen LogP contribution in [-0.4, -0.2) is 9.56 Å². The van der Waals surface area contributed by atoms with Crippen molar-refractivity contribution in [3.05, 3.63) is 24.0 Å². The van der Waals surface area contributed by atoms with Crippen molar-refractivity contribution in [1.29, 1.82) is 0 Å². The summed E-state index contributed by atoms with van der Waals surface area (Å²) in [5, 5.41) is 0. The molecule has 1 aromatic rings. The third-order valence-electron chi connectivity index (χ3n) is 2.58. The van der Waals surface area contributed by atoms with E-state index in [9.17, 15) is 0 Å². The molecule has 0 spiro atoms. The van der Waals surface area contributed by atoms with Crippen molar-refractivity contribution in [2.24, 2.45) is 5.73 Å². The van der Waals surface area contributed by atoms with Gasteiger partial charge in [0, 0.05) is 12.7 Å². The van der Waals surface area contributed by atoms with Crippen molar-refractivity contribution in [3.8, 4) is 0 Å². The third kappa shape index (κ3) is 4.04. The highest BCUT2D eigenvalue weighted by molar-refractivity contribution is 7.80. The van der Waals surface area contributed by atoms with Gasteiger partial charge in [0.1, 0.15) is 4.99 Å². The standard InChI is InChI=1S/C12H20N2S/c1-2-3-4-5-6-9-14-10-7-8-11(14)12(13)15/h7-8,10H,2-6,9H2,1H3,(H2,13,15). The Morgan fingerprint density at radius 1 is 1.33 bits per heavy atom. The quantitative estimate of drug-likeness (QED) is 0.570. The van der Waals surface area contributed by atoms with Gasteiger partial charge in [-0.15, -0.1) is 0 Å². The molecule has 0 aliphatic carbocycles. The summed E-state index contributed by atoms with van der Waals surface area (Å²) in [5.74, 6) is 0. The number of thiocarbonyl (C=S) groups is 1. The molecule has 15 heavy (non-hydrogen) atoms. The smallest absolute Gasteiger partial charge is 0.120 e. The minimum atomic E-state index is 0.494. The highest BCUT2D eigenvalue weighted by Gasteiger charge is 2.02. The highest BCUT2D eigenvalue weighted by atomic mass is 32.1. The van der Waals surface area contributed by atoms with E-state index in [0.717, 1.165) is 12.2 Å². The Kier molecular flexibility index (Phi) is 5.40. The molecule has 0 fully saturated rings. The number of hydrogen-bond donors (Lipinski definition) is 1. The summed E-state index contributed by atoms with van der Waals surface area (Å²) in [6.45, 7) is 3.26. The average molecular weight is 224 g/mol. The second kappa shape index (κ2) is 6.62. The van der Waals surface area contributed by atoms with Gasteiger partial charge in [-0.1, -0.05) is 44.8 Å². The molecular weight excluding hydrogens is 204 g/mol. The Morgan fingerprint density at radius 3 is 2.73 bits per heavy atom. The second-order valence-electron chi connectivity index (χ2n) is 3.87. The molecule has 0 unspecified atom stereocenters. The maximum absolute atomic E-state index is 5.62. The van der Waals surface area contributed by atoms with Crippen LogP contribution in [-0.2, 0) is 6.54 Å². The van der Waals surface area contributed by atoms with Gasteiger partial charge in [-0.2, -0.15) is 0 Å². The molecule has 0 aliphatic heterocycles. The molecule has 0 aliphatic rings. The Labute approximate surface area is 97.5 Å². The summed E-state index contributed by atoms with van der Waals surface area (Å²) in [6, 6.07) is 3.98.